The Kier molecular flexibility index (Phi) is 20.0. The first-order valence-corrected chi connectivity index (χ1v) is 13.3. The van der Waals surface area contributed by atoms with E-state index in [-0.39, 0.29) is 0 Å². The van der Waals surface area contributed by atoms with E-state index in [1.165, 1.54) is 65.5 Å². The summed E-state index contributed by atoms with van der Waals surface area (Å²) in [6.45, 7) is 15.9. The Labute approximate surface area is 207 Å². The monoisotopic (exact) mass is 454 g/mol. The molecule has 0 fully saturated rings. The topological polar surface area (TPSA) is 20.2 Å². The van der Waals surface area contributed by atoms with E-state index in [1.54, 1.807) is 0 Å². The van der Waals surface area contributed by atoms with Crippen molar-refractivity contribution in [3.63, 3.8) is 0 Å². The van der Waals surface area contributed by atoms with Gasteiger partial charge in [0.25, 0.3) is 0 Å². The van der Waals surface area contributed by atoms with Crippen LogP contribution in [0.3, 0.4) is 0 Å². The molecule has 1 N–H and O–H groups in total. The lowest BCUT2D eigenvalue weighted by Crippen LogP contribution is -1.85. The van der Waals surface area contributed by atoms with Crippen molar-refractivity contribution in [2.45, 2.75) is 126 Å². The summed E-state index contributed by atoms with van der Waals surface area (Å²) in [6, 6.07) is 0. The lowest BCUT2D eigenvalue weighted by atomic mass is 10.0. The molecular formula is C32H54O. The predicted molar refractivity (Wildman–Crippen MR) is 151 cm³/mol. The Morgan fingerprint density at radius 2 is 0.727 bits per heavy atom. The SMILES string of the molecule is CC(C)=CCC/C(C)=C/CC/C(C)=C/CC/C=C(\C)CC/C=C(\C)CC/C=C(\C)CCCO. The van der Waals surface area contributed by atoms with Crippen LogP contribution in [0, 0.1) is 0 Å². The standard InChI is InChI=1S/C32H54O/c1-27(2)15-10-18-30(5)21-11-19-28(3)16-8-9-17-29(4)20-12-22-31(6)23-13-24-32(7)25-14-26-33/h15-17,21-22,24,33H,8-14,18-20,23,25-26H2,1-7H3/b28-16+,29-17+,30-21+,31-22+,32-24+. The van der Waals surface area contributed by atoms with E-state index in [0.29, 0.717) is 6.61 Å². The Balaban J connectivity index is 4.07. The average molecular weight is 455 g/mol. The van der Waals surface area contributed by atoms with Crippen molar-refractivity contribution in [2.75, 3.05) is 6.61 Å². The first-order valence-electron chi connectivity index (χ1n) is 13.3. The largest absolute Gasteiger partial charge is 0.396 e. The summed E-state index contributed by atoms with van der Waals surface area (Å²) in [7, 11) is 0. The van der Waals surface area contributed by atoms with Gasteiger partial charge in [0.2, 0.25) is 0 Å². The van der Waals surface area contributed by atoms with Gasteiger partial charge in [0.1, 0.15) is 0 Å². The molecule has 0 spiro atoms. The smallest absolute Gasteiger partial charge is 0.0434 e. The van der Waals surface area contributed by atoms with Gasteiger partial charge in [-0.05, 0) is 126 Å². The molecule has 0 aromatic rings. The molecule has 0 rings (SSSR count). The van der Waals surface area contributed by atoms with Crippen LogP contribution in [0.25, 0.3) is 0 Å². The molecule has 0 aromatic carbocycles. The summed E-state index contributed by atoms with van der Waals surface area (Å²) in [6.07, 6.45) is 27.8. The molecule has 33 heavy (non-hydrogen) atoms. The summed E-state index contributed by atoms with van der Waals surface area (Å²) in [5.74, 6) is 0. The fourth-order valence-corrected chi connectivity index (χ4v) is 3.75. The van der Waals surface area contributed by atoms with Gasteiger partial charge in [0.15, 0.2) is 0 Å². The van der Waals surface area contributed by atoms with Crippen LogP contribution < -0.4 is 0 Å². The molecule has 0 aromatic heterocycles. The first-order chi connectivity index (χ1) is 15.7. The maximum Gasteiger partial charge on any atom is 0.0434 e. The van der Waals surface area contributed by atoms with Crippen molar-refractivity contribution in [2.24, 2.45) is 0 Å². The number of aliphatic hydroxyl groups is 1. The quantitative estimate of drug-likeness (QED) is 0.161. The highest BCUT2D eigenvalue weighted by Crippen LogP contribution is 2.15. The van der Waals surface area contributed by atoms with Crippen molar-refractivity contribution in [1.29, 1.82) is 0 Å². The minimum absolute atomic E-state index is 0.293. The van der Waals surface area contributed by atoms with Gasteiger partial charge in [-0.25, -0.2) is 0 Å². The van der Waals surface area contributed by atoms with Crippen LogP contribution in [-0.4, -0.2) is 11.7 Å². The van der Waals surface area contributed by atoms with Crippen molar-refractivity contribution in [3.05, 3.63) is 69.9 Å². The van der Waals surface area contributed by atoms with E-state index >= 15 is 0 Å². The van der Waals surface area contributed by atoms with Crippen molar-refractivity contribution in [3.8, 4) is 0 Å². The van der Waals surface area contributed by atoms with E-state index in [2.05, 4.69) is 84.9 Å². The van der Waals surface area contributed by atoms with Crippen LogP contribution in [0.5, 0.6) is 0 Å². The second kappa shape index (κ2) is 21.0. The highest BCUT2D eigenvalue weighted by Gasteiger charge is 1.95. The van der Waals surface area contributed by atoms with Gasteiger partial charge in [-0.1, -0.05) is 69.9 Å². The lowest BCUT2D eigenvalue weighted by Gasteiger charge is -2.03. The number of rotatable bonds is 18. The van der Waals surface area contributed by atoms with E-state index in [4.69, 9.17) is 5.11 Å². The van der Waals surface area contributed by atoms with E-state index in [0.717, 1.165) is 44.9 Å². The molecule has 0 radical (unpaired) electrons. The van der Waals surface area contributed by atoms with Crippen LogP contribution in [0.4, 0.5) is 0 Å². The van der Waals surface area contributed by atoms with Gasteiger partial charge in [-0.3, -0.25) is 0 Å². The van der Waals surface area contributed by atoms with Crippen molar-refractivity contribution >= 4 is 0 Å². The van der Waals surface area contributed by atoms with Gasteiger partial charge in [-0.15, -0.1) is 0 Å². The zero-order chi connectivity index (χ0) is 24.9. The number of hydrogen-bond donors (Lipinski definition) is 1. The maximum atomic E-state index is 8.90. The maximum absolute atomic E-state index is 8.90. The third-order valence-corrected chi connectivity index (χ3v) is 6.07. The molecule has 0 bridgehead atoms. The van der Waals surface area contributed by atoms with Crippen LogP contribution >= 0.6 is 0 Å². The molecular weight excluding hydrogens is 400 g/mol. The van der Waals surface area contributed by atoms with Gasteiger partial charge >= 0.3 is 0 Å². The zero-order valence-corrected chi connectivity index (χ0v) is 23.1. The first kappa shape index (κ1) is 31.4. The molecule has 0 unspecified atom stereocenters. The molecule has 0 aliphatic heterocycles. The molecule has 1 nitrogen and oxygen atoms in total. The Hall–Kier alpha value is -1.60. The number of allylic oxidation sites excluding steroid dienone is 12. The fraction of sp³-hybridized carbons (Fsp3) is 0.625. The third kappa shape index (κ3) is 22.0. The fourth-order valence-electron chi connectivity index (χ4n) is 3.75. The summed E-state index contributed by atoms with van der Waals surface area (Å²) >= 11 is 0. The van der Waals surface area contributed by atoms with E-state index < -0.39 is 0 Å². The number of aliphatic hydroxyl groups excluding tert-OH is 1. The summed E-state index contributed by atoms with van der Waals surface area (Å²) in [5.41, 5.74) is 8.87. The predicted octanol–water partition coefficient (Wildman–Crippen LogP) is 10.4. The van der Waals surface area contributed by atoms with Gasteiger partial charge in [-0.2, -0.15) is 0 Å². The third-order valence-electron chi connectivity index (χ3n) is 6.07. The van der Waals surface area contributed by atoms with Crippen molar-refractivity contribution in [1.82, 2.24) is 0 Å². The molecule has 0 heterocycles. The highest BCUT2D eigenvalue weighted by atomic mass is 16.2. The Morgan fingerprint density at radius 1 is 0.424 bits per heavy atom. The van der Waals surface area contributed by atoms with Crippen LogP contribution in [0.2, 0.25) is 0 Å². The van der Waals surface area contributed by atoms with Crippen LogP contribution in [-0.2, 0) is 0 Å². The minimum atomic E-state index is 0.293. The molecule has 0 saturated carbocycles. The molecule has 0 saturated heterocycles. The molecule has 188 valence electrons. The zero-order valence-electron chi connectivity index (χ0n) is 23.1. The van der Waals surface area contributed by atoms with Gasteiger partial charge in [0, 0.05) is 6.61 Å². The second-order valence-electron chi connectivity index (χ2n) is 10.1. The summed E-state index contributed by atoms with van der Waals surface area (Å²) < 4.78 is 0. The minimum Gasteiger partial charge on any atom is -0.396 e. The Morgan fingerprint density at radius 3 is 1.06 bits per heavy atom. The normalized spacial score (nSPS) is 14.1. The molecule has 0 aliphatic rings. The van der Waals surface area contributed by atoms with Crippen LogP contribution in [0.1, 0.15) is 126 Å². The average Bonchev–Trinajstić information content (AvgIpc) is 2.75. The van der Waals surface area contributed by atoms with E-state index in [9.17, 15) is 0 Å². The Bertz CT molecular complexity index is 690. The van der Waals surface area contributed by atoms with Gasteiger partial charge < -0.3 is 5.11 Å². The van der Waals surface area contributed by atoms with Crippen LogP contribution in [0.15, 0.2) is 69.9 Å². The van der Waals surface area contributed by atoms with E-state index in [1.807, 2.05) is 0 Å². The molecule has 0 amide bonds. The lowest BCUT2D eigenvalue weighted by molar-refractivity contribution is 0.288. The molecule has 0 aliphatic carbocycles. The summed E-state index contributed by atoms with van der Waals surface area (Å²) in [4.78, 5) is 0. The number of hydrogen-bond acceptors (Lipinski definition) is 1. The van der Waals surface area contributed by atoms with Gasteiger partial charge in [0.05, 0.1) is 0 Å². The number of unbranched alkanes of at least 4 members (excludes halogenated alkanes) is 1. The highest BCUT2D eigenvalue weighted by molar-refractivity contribution is 5.08. The summed E-state index contributed by atoms with van der Waals surface area (Å²) in [5, 5.41) is 8.90. The molecule has 0 atom stereocenters. The van der Waals surface area contributed by atoms with Crippen molar-refractivity contribution < 1.29 is 5.11 Å². The molecule has 1 heteroatoms. The second-order valence-corrected chi connectivity index (χ2v) is 10.1.